The first kappa shape index (κ1) is 13.2. The van der Waals surface area contributed by atoms with E-state index in [1.807, 2.05) is 12.1 Å². The first-order valence-corrected chi connectivity index (χ1v) is 6.35. The quantitative estimate of drug-likeness (QED) is 0.846. The molecule has 94 valence electrons. The van der Waals surface area contributed by atoms with Gasteiger partial charge in [0.2, 0.25) is 0 Å². The predicted octanol–water partition coefficient (Wildman–Crippen LogP) is 4.40. The van der Waals surface area contributed by atoms with E-state index in [-0.39, 0.29) is 5.02 Å². The maximum atomic E-state index is 13.2. The molecule has 2 N–H and O–H groups in total. The number of ether oxygens (including phenoxy) is 1. The standard InChI is InChI=1S/C13H10BrClFNO/c14-10-3-1-8(5-13(10)17)7-18-9-2-4-11(15)12(16)6-9/h1-6H,7,17H2. The third-order valence-corrected chi connectivity index (χ3v) is 3.39. The molecule has 0 atom stereocenters. The molecule has 2 aromatic carbocycles. The lowest BCUT2D eigenvalue weighted by Gasteiger charge is -2.08. The van der Waals surface area contributed by atoms with Gasteiger partial charge in [-0.15, -0.1) is 0 Å². The minimum atomic E-state index is -0.496. The van der Waals surface area contributed by atoms with Crippen LogP contribution in [0.2, 0.25) is 5.02 Å². The highest BCUT2D eigenvalue weighted by molar-refractivity contribution is 9.10. The second kappa shape index (κ2) is 5.59. The van der Waals surface area contributed by atoms with E-state index >= 15 is 0 Å². The van der Waals surface area contributed by atoms with Gasteiger partial charge >= 0.3 is 0 Å². The molecule has 2 rings (SSSR count). The molecule has 0 fully saturated rings. The van der Waals surface area contributed by atoms with Crippen LogP contribution in [0.15, 0.2) is 40.9 Å². The van der Waals surface area contributed by atoms with E-state index in [1.54, 1.807) is 12.1 Å². The molecule has 0 aliphatic rings. The smallest absolute Gasteiger partial charge is 0.145 e. The maximum absolute atomic E-state index is 13.2. The summed E-state index contributed by atoms with van der Waals surface area (Å²) >= 11 is 8.90. The minimum Gasteiger partial charge on any atom is -0.489 e. The van der Waals surface area contributed by atoms with Crippen LogP contribution in [0.3, 0.4) is 0 Å². The molecule has 18 heavy (non-hydrogen) atoms. The number of benzene rings is 2. The van der Waals surface area contributed by atoms with E-state index in [1.165, 1.54) is 12.1 Å². The number of nitrogen functional groups attached to an aromatic ring is 1. The zero-order chi connectivity index (χ0) is 13.1. The van der Waals surface area contributed by atoms with Gasteiger partial charge < -0.3 is 10.5 Å². The van der Waals surface area contributed by atoms with Crippen molar-refractivity contribution in [1.29, 1.82) is 0 Å². The monoisotopic (exact) mass is 329 g/mol. The van der Waals surface area contributed by atoms with Crippen molar-refractivity contribution in [3.63, 3.8) is 0 Å². The SMILES string of the molecule is Nc1cc(COc2ccc(Cl)c(F)c2)ccc1Br. The van der Waals surface area contributed by atoms with Crippen LogP contribution in [-0.4, -0.2) is 0 Å². The Morgan fingerprint density at radius 1 is 1.22 bits per heavy atom. The normalized spacial score (nSPS) is 10.4. The van der Waals surface area contributed by atoms with Gasteiger partial charge in [-0.25, -0.2) is 4.39 Å². The number of anilines is 1. The van der Waals surface area contributed by atoms with E-state index in [2.05, 4.69) is 15.9 Å². The van der Waals surface area contributed by atoms with Crippen molar-refractivity contribution >= 4 is 33.2 Å². The van der Waals surface area contributed by atoms with Gasteiger partial charge in [0.1, 0.15) is 18.2 Å². The fourth-order valence-electron chi connectivity index (χ4n) is 1.42. The molecule has 0 unspecified atom stereocenters. The van der Waals surface area contributed by atoms with Crippen LogP contribution < -0.4 is 10.5 Å². The number of rotatable bonds is 3. The zero-order valence-electron chi connectivity index (χ0n) is 9.29. The molecule has 0 bridgehead atoms. The Labute approximate surface area is 118 Å². The van der Waals surface area contributed by atoms with Gasteiger partial charge in [-0.3, -0.25) is 0 Å². The zero-order valence-corrected chi connectivity index (χ0v) is 11.6. The Balaban J connectivity index is 2.06. The van der Waals surface area contributed by atoms with Crippen LogP contribution in [0.25, 0.3) is 0 Å². The third kappa shape index (κ3) is 3.15. The Morgan fingerprint density at radius 2 is 2.00 bits per heavy atom. The Kier molecular flexibility index (Phi) is 4.09. The number of hydrogen-bond acceptors (Lipinski definition) is 2. The topological polar surface area (TPSA) is 35.2 Å². The van der Waals surface area contributed by atoms with Gasteiger partial charge in [0.05, 0.1) is 5.02 Å². The highest BCUT2D eigenvalue weighted by atomic mass is 79.9. The van der Waals surface area contributed by atoms with Gasteiger partial charge in [-0.05, 0) is 45.8 Å². The molecule has 0 amide bonds. The molecule has 5 heteroatoms. The third-order valence-electron chi connectivity index (χ3n) is 2.36. The highest BCUT2D eigenvalue weighted by Gasteiger charge is 2.03. The Morgan fingerprint density at radius 3 is 2.67 bits per heavy atom. The summed E-state index contributed by atoms with van der Waals surface area (Å²) in [5.41, 5.74) is 7.30. The molecule has 0 radical (unpaired) electrons. The largest absolute Gasteiger partial charge is 0.489 e. The summed E-state index contributed by atoms with van der Waals surface area (Å²) in [6, 6.07) is 9.86. The molecule has 2 aromatic rings. The van der Waals surface area contributed by atoms with E-state index in [0.29, 0.717) is 18.0 Å². The molecule has 0 aromatic heterocycles. The van der Waals surface area contributed by atoms with E-state index < -0.39 is 5.82 Å². The average Bonchev–Trinajstić information content (AvgIpc) is 2.35. The first-order valence-electron chi connectivity index (χ1n) is 5.18. The van der Waals surface area contributed by atoms with Crippen LogP contribution in [0.4, 0.5) is 10.1 Å². The summed E-state index contributed by atoms with van der Waals surface area (Å²) < 4.78 is 19.5. The Bertz CT molecular complexity index is 525. The summed E-state index contributed by atoms with van der Waals surface area (Å²) in [6.45, 7) is 0.318. The van der Waals surface area contributed by atoms with Crippen LogP contribution in [-0.2, 0) is 6.61 Å². The summed E-state index contributed by atoms with van der Waals surface area (Å²) in [4.78, 5) is 0. The summed E-state index contributed by atoms with van der Waals surface area (Å²) in [7, 11) is 0. The molecule has 0 saturated carbocycles. The molecule has 0 saturated heterocycles. The van der Waals surface area contributed by atoms with Gasteiger partial charge in [-0.2, -0.15) is 0 Å². The molecule has 0 heterocycles. The summed E-state index contributed by atoms with van der Waals surface area (Å²) in [5.74, 6) is -0.0668. The second-order valence-corrected chi connectivity index (χ2v) is 4.98. The van der Waals surface area contributed by atoms with Crippen molar-refractivity contribution in [3.05, 3.63) is 57.3 Å². The van der Waals surface area contributed by atoms with Crippen molar-refractivity contribution in [1.82, 2.24) is 0 Å². The number of nitrogens with two attached hydrogens (primary N) is 1. The molecule has 2 nitrogen and oxygen atoms in total. The van der Waals surface area contributed by atoms with Gasteiger partial charge in [0.25, 0.3) is 0 Å². The summed E-state index contributed by atoms with van der Waals surface area (Å²) in [5, 5.41) is 0.0789. The molecule has 0 spiro atoms. The van der Waals surface area contributed by atoms with Crippen molar-refractivity contribution in [2.24, 2.45) is 0 Å². The molecular formula is C13H10BrClFNO. The van der Waals surface area contributed by atoms with Crippen LogP contribution in [0.1, 0.15) is 5.56 Å². The molecule has 0 aliphatic carbocycles. The van der Waals surface area contributed by atoms with E-state index in [0.717, 1.165) is 10.0 Å². The van der Waals surface area contributed by atoms with Crippen LogP contribution >= 0.6 is 27.5 Å². The second-order valence-electron chi connectivity index (χ2n) is 3.72. The lowest BCUT2D eigenvalue weighted by Crippen LogP contribution is -1.97. The number of halogens is 3. The number of hydrogen-bond donors (Lipinski definition) is 1. The first-order chi connectivity index (χ1) is 8.56. The fraction of sp³-hybridized carbons (Fsp3) is 0.0769. The van der Waals surface area contributed by atoms with Gasteiger partial charge in [0, 0.05) is 16.2 Å². The van der Waals surface area contributed by atoms with E-state index in [4.69, 9.17) is 22.1 Å². The minimum absolute atomic E-state index is 0.0789. The lowest BCUT2D eigenvalue weighted by molar-refractivity contribution is 0.304. The fourth-order valence-corrected chi connectivity index (χ4v) is 1.78. The lowest BCUT2D eigenvalue weighted by atomic mass is 10.2. The maximum Gasteiger partial charge on any atom is 0.145 e. The van der Waals surface area contributed by atoms with Crippen molar-refractivity contribution in [2.45, 2.75) is 6.61 Å². The Hall–Kier alpha value is -1.26. The van der Waals surface area contributed by atoms with Crippen molar-refractivity contribution in [3.8, 4) is 5.75 Å². The summed E-state index contributed by atoms with van der Waals surface area (Å²) in [6.07, 6.45) is 0. The predicted molar refractivity (Wildman–Crippen MR) is 74.3 cm³/mol. The molecule has 0 aliphatic heterocycles. The van der Waals surface area contributed by atoms with E-state index in [9.17, 15) is 4.39 Å². The highest BCUT2D eigenvalue weighted by Crippen LogP contribution is 2.23. The van der Waals surface area contributed by atoms with Crippen molar-refractivity contribution < 1.29 is 9.13 Å². The molecular weight excluding hydrogens is 321 g/mol. The van der Waals surface area contributed by atoms with Crippen molar-refractivity contribution in [2.75, 3.05) is 5.73 Å². The van der Waals surface area contributed by atoms with Gasteiger partial charge in [0.15, 0.2) is 0 Å². The van der Waals surface area contributed by atoms with Crippen LogP contribution in [0.5, 0.6) is 5.75 Å². The average molecular weight is 331 g/mol. The van der Waals surface area contributed by atoms with Crippen LogP contribution in [0, 0.1) is 5.82 Å². The van der Waals surface area contributed by atoms with Gasteiger partial charge in [-0.1, -0.05) is 17.7 Å².